The summed E-state index contributed by atoms with van der Waals surface area (Å²) < 4.78 is 7.18. The zero-order valence-electron chi connectivity index (χ0n) is 11.8. The molecule has 1 aromatic heterocycles. The minimum absolute atomic E-state index is 0.232. The second-order valence-electron chi connectivity index (χ2n) is 4.33. The highest BCUT2D eigenvalue weighted by atomic mass is 32.1. The maximum Gasteiger partial charge on any atom is 0.355 e. The van der Waals surface area contributed by atoms with Crippen LogP contribution >= 0.6 is 11.3 Å². The molecule has 20 heavy (non-hydrogen) atoms. The molecule has 2 rings (SSSR count). The number of hydrogen-bond acceptors (Lipinski definition) is 4. The van der Waals surface area contributed by atoms with Crippen LogP contribution in [0.3, 0.4) is 0 Å². The minimum Gasteiger partial charge on any atom is -0.508 e. The number of hydrogen-bond donors (Lipinski definition) is 1. The van der Waals surface area contributed by atoms with Crippen molar-refractivity contribution in [1.82, 2.24) is 0 Å². The number of nitrogens with zero attached hydrogens (tertiary/aromatic N) is 1. The highest BCUT2D eigenvalue weighted by Gasteiger charge is 2.28. The van der Waals surface area contributed by atoms with Gasteiger partial charge in [-0.15, -0.1) is 0 Å². The van der Waals surface area contributed by atoms with Gasteiger partial charge in [0.05, 0.1) is 12.2 Å². The van der Waals surface area contributed by atoms with Gasteiger partial charge in [-0.1, -0.05) is 11.3 Å². The summed E-state index contributed by atoms with van der Waals surface area (Å²) in [4.78, 5) is 12.6. The molecular weight excluding hydrogens is 274 g/mol. The molecule has 0 radical (unpaired) electrons. The number of aromatic hydroxyl groups is 1. The van der Waals surface area contributed by atoms with Gasteiger partial charge in [-0.05, 0) is 38.1 Å². The van der Waals surface area contributed by atoms with E-state index < -0.39 is 0 Å². The molecule has 0 aliphatic carbocycles. The fourth-order valence-electron chi connectivity index (χ4n) is 2.09. The number of ether oxygens (including phenoxy) is 1. The first-order valence-corrected chi connectivity index (χ1v) is 7.39. The summed E-state index contributed by atoms with van der Waals surface area (Å²) >= 11 is 1.42. The van der Waals surface area contributed by atoms with Crippen LogP contribution in [0.15, 0.2) is 24.3 Å². The minimum atomic E-state index is -0.276. The van der Waals surface area contributed by atoms with Crippen molar-refractivity contribution in [3.8, 4) is 16.3 Å². The van der Waals surface area contributed by atoms with Crippen LogP contribution < -0.4 is 4.57 Å². The summed E-state index contributed by atoms with van der Waals surface area (Å²) in [6, 6.07) is 6.99. The molecule has 0 saturated carbocycles. The molecule has 0 aliphatic rings. The molecule has 0 spiro atoms. The molecule has 1 heterocycles. The normalized spacial score (nSPS) is 10.6. The molecule has 0 unspecified atom stereocenters. The highest BCUT2D eigenvalue weighted by molar-refractivity contribution is 7.16. The van der Waals surface area contributed by atoms with Crippen molar-refractivity contribution >= 4 is 17.3 Å². The zero-order valence-corrected chi connectivity index (χ0v) is 12.7. The standard InChI is InChI=1S/C15H17NO3S/c1-4-16-10(3)13(15(18)19-5-2)20-14(16)11-6-8-12(17)9-7-11/h6-9H,4-5H2,1-3H3/p+1. The van der Waals surface area contributed by atoms with Gasteiger partial charge in [0.15, 0.2) is 4.88 Å². The molecule has 0 atom stereocenters. The van der Waals surface area contributed by atoms with Crippen LogP contribution in [-0.2, 0) is 11.3 Å². The number of phenols is 1. The molecule has 0 bridgehead atoms. The molecule has 5 heteroatoms. The number of phenolic OH excluding ortho intramolecular Hbond substituents is 1. The fourth-order valence-corrected chi connectivity index (χ4v) is 3.31. The third-order valence-electron chi connectivity index (χ3n) is 3.07. The van der Waals surface area contributed by atoms with Crippen molar-refractivity contribution in [1.29, 1.82) is 0 Å². The predicted octanol–water partition coefficient (Wildman–Crippen LogP) is 2.91. The summed E-state index contributed by atoms with van der Waals surface area (Å²) in [6.07, 6.45) is 0. The van der Waals surface area contributed by atoms with E-state index >= 15 is 0 Å². The van der Waals surface area contributed by atoms with Gasteiger partial charge in [-0.3, -0.25) is 0 Å². The summed E-state index contributed by atoms with van der Waals surface area (Å²) in [5.41, 5.74) is 1.90. The smallest absolute Gasteiger partial charge is 0.355 e. The Labute approximate surface area is 122 Å². The van der Waals surface area contributed by atoms with Crippen LogP contribution in [0, 0.1) is 6.92 Å². The van der Waals surface area contributed by atoms with Crippen molar-refractivity contribution in [2.75, 3.05) is 6.61 Å². The fraction of sp³-hybridized carbons (Fsp3) is 0.333. The largest absolute Gasteiger partial charge is 0.508 e. The van der Waals surface area contributed by atoms with E-state index in [-0.39, 0.29) is 11.7 Å². The van der Waals surface area contributed by atoms with Crippen molar-refractivity contribution < 1.29 is 19.2 Å². The van der Waals surface area contributed by atoms with E-state index in [1.54, 1.807) is 19.1 Å². The molecule has 0 fully saturated rings. The first-order chi connectivity index (χ1) is 9.58. The molecule has 106 valence electrons. The van der Waals surface area contributed by atoms with E-state index in [4.69, 9.17) is 4.74 Å². The number of rotatable bonds is 4. The molecule has 0 aliphatic heterocycles. The maximum absolute atomic E-state index is 12.0. The number of esters is 1. The molecule has 1 aromatic carbocycles. The van der Waals surface area contributed by atoms with Gasteiger partial charge in [-0.2, -0.15) is 4.57 Å². The van der Waals surface area contributed by atoms with E-state index in [1.807, 2.05) is 26.0 Å². The molecule has 2 aromatic rings. The third kappa shape index (κ3) is 2.67. The van der Waals surface area contributed by atoms with Gasteiger partial charge in [0, 0.05) is 6.92 Å². The summed E-state index contributed by atoms with van der Waals surface area (Å²) in [6.45, 7) is 6.92. The summed E-state index contributed by atoms with van der Waals surface area (Å²) in [5.74, 6) is -0.0436. The summed E-state index contributed by atoms with van der Waals surface area (Å²) in [7, 11) is 0. The van der Waals surface area contributed by atoms with Gasteiger partial charge in [0.25, 0.3) is 5.01 Å². The Balaban J connectivity index is 2.50. The van der Waals surface area contributed by atoms with Crippen molar-refractivity contribution in [2.45, 2.75) is 27.3 Å². The van der Waals surface area contributed by atoms with Crippen LogP contribution in [0.25, 0.3) is 10.6 Å². The van der Waals surface area contributed by atoms with Crippen LogP contribution in [0.5, 0.6) is 5.75 Å². The predicted molar refractivity (Wildman–Crippen MR) is 78.0 cm³/mol. The Bertz CT molecular complexity index is 617. The lowest BCUT2D eigenvalue weighted by atomic mass is 10.2. The van der Waals surface area contributed by atoms with E-state index in [2.05, 4.69) is 4.57 Å². The number of carbonyl (C=O) groups is 1. The molecule has 0 saturated heterocycles. The second kappa shape index (κ2) is 6.05. The second-order valence-corrected chi connectivity index (χ2v) is 5.33. The van der Waals surface area contributed by atoms with Crippen LogP contribution in [-0.4, -0.2) is 17.7 Å². The monoisotopic (exact) mass is 292 g/mol. The first kappa shape index (κ1) is 14.5. The number of carbonyl (C=O) groups excluding carboxylic acids is 1. The van der Waals surface area contributed by atoms with E-state index in [0.29, 0.717) is 11.5 Å². The third-order valence-corrected chi connectivity index (χ3v) is 4.38. The van der Waals surface area contributed by atoms with E-state index in [0.717, 1.165) is 22.8 Å². The Kier molecular flexibility index (Phi) is 4.39. The number of benzene rings is 1. The van der Waals surface area contributed by atoms with Gasteiger partial charge < -0.3 is 9.84 Å². The molecule has 4 nitrogen and oxygen atoms in total. The van der Waals surface area contributed by atoms with Crippen molar-refractivity contribution in [3.05, 3.63) is 34.8 Å². The lowest BCUT2D eigenvalue weighted by molar-refractivity contribution is -0.684. The SMILES string of the molecule is CCOC(=O)c1sc(-c2ccc(O)cc2)[n+](CC)c1C. The highest BCUT2D eigenvalue weighted by Crippen LogP contribution is 2.28. The molecular formula is C15H18NO3S+. The van der Waals surface area contributed by atoms with E-state index in [9.17, 15) is 9.90 Å². The topological polar surface area (TPSA) is 50.4 Å². The van der Waals surface area contributed by atoms with Gasteiger partial charge >= 0.3 is 5.97 Å². The molecule has 0 amide bonds. The average Bonchev–Trinajstić information content (AvgIpc) is 2.77. The van der Waals surface area contributed by atoms with Crippen LogP contribution in [0.4, 0.5) is 0 Å². The van der Waals surface area contributed by atoms with Crippen LogP contribution in [0.2, 0.25) is 0 Å². The van der Waals surface area contributed by atoms with Gasteiger partial charge in [0.2, 0.25) is 5.69 Å². The van der Waals surface area contributed by atoms with Crippen molar-refractivity contribution in [3.63, 3.8) is 0 Å². The van der Waals surface area contributed by atoms with Gasteiger partial charge in [-0.25, -0.2) is 4.79 Å². The van der Waals surface area contributed by atoms with Crippen molar-refractivity contribution in [2.24, 2.45) is 0 Å². The van der Waals surface area contributed by atoms with E-state index in [1.165, 1.54) is 11.3 Å². The Morgan fingerprint density at radius 1 is 1.30 bits per heavy atom. The quantitative estimate of drug-likeness (QED) is 0.696. The number of thiazole rings is 1. The lowest BCUT2D eigenvalue weighted by Crippen LogP contribution is -2.36. The maximum atomic E-state index is 12.0. The number of aromatic nitrogens is 1. The molecule has 1 N–H and O–H groups in total. The Morgan fingerprint density at radius 3 is 2.50 bits per heavy atom. The Hall–Kier alpha value is -1.88. The summed E-state index contributed by atoms with van der Waals surface area (Å²) in [5, 5.41) is 10.4. The average molecular weight is 292 g/mol. The first-order valence-electron chi connectivity index (χ1n) is 6.58. The zero-order chi connectivity index (χ0) is 14.7. The lowest BCUT2D eigenvalue weighted by Gasteiger charge is -1.98. The van der Waals surface area contributed by atoms with Gasteiger partial charge in [0.1, 0.15) is 12.3 Å². The Morgan fingerprint density at radius 2 is 1.95 bits per heavy atom. The van der Waals surface area contributed by atoms with Crippen LogP contribution in [0.1, 0.15) is 29.2 Å².